The van der Waals surface area contributed by atoms with E-state index in [0.717, 1.165) is 18.3 Å². The fourth-order valence-corrected chi connectivity index (χ4v) is 5.18. The Kier molecular flexibility index (Phi) is 2.69. The van der Waals surface area contributed by atoms with Crippen LogP contribution in [-0.4, -0.2) is 9.55 Å². The van der Waals surface area contributed by atoms with Crippen molar-refractivity contribution in [1.29, 1.82) is 0 Å². The van der Waals surface area contributed by atoms with E-state index in [1.165, 1.54) is 23.8 Å². The summed E-state index contributed by atoms with van der Waals surface area (Å²) in [6, 6.07) is 0.144. The highest BCUT2D eigenvalue weighted by atomic mass is 35.5. The fraction of sp³-hybridized carbons (Fsp3) is 0.733. The summed E-state index contributed by atoms with van der Waals surface area (Å²) in [4.78, 5) is 27.5. The van der Waals surface area contributed by atoms with Gasteiger partial charge in [0.05, 0.1) is 5.56 Å². The number of aromatic amines is 1. The van der Waals surface area contributed by atoms with Crippen LogP contribution in [0.2, 0.25) is 5.15 Å². The van der Waals surface area contributed by atoms with Crippen LogP contribution in [0.25, 0.3) is 0 Å². The molecule has 4 atom stereocenters. The quantitative estimate of drug-likeness (QED) is 0.870. The van der Waals surface area contributed by atoms with Gasteiger partial charge in [0.2, 0.25) is 0 Å². The van der Waals surface area contributed by atoms with Crippen molar-refractivity contribution in [3.05, 3.63) is 31.6 Å². The predicted octanol–water partition coefficient (Wildman–Crippen LogP) is 2.36. The fourth-order valence-electron chi connectivity index (χ4n) is 4.92. The third kappa shape index (κ3) is 1.54. The first-order valence-electron chi connectivity index (χ1n) is 7.66. The molecule has 0 amide bonds. The van der Waals surface area contributed by atoms with E-state index in [-0.39, 0.29) is 22.4 Å². The maximum atomic E-state index is 12.6. The second-order valence-corrected chi connectivity index (χ2v) is 7.00. The number of hydrogen-bond donors (Lipinski definition) is 1. The Balaban J connectivity index is 1.78. The molecule has 0 radical (unpaired) electrons. The lowest BCUT2D eigenvalue weighted by molar-refractivity contribution is 0.435. The van der Waals surface area contributed by atoms with Crippen molar-refractivity contribution in [3.8, 4) is 0 Å². The first kappa shape index (κ1) is 12.7. The summed E-state index contributed by atoms with van der Waals surface area (Å²) in [5.41, 5.74) is 0.101. The Morgan fingerprint density at radius 1 is 1.25 bits per heavy atom. The van der Waals surface area contributed by atoms with Crippen LogP contribution < -0.4 is 11.2 Å². The number of rotatable bonds is 3. The van der Waals surface area contributed by atoms with Crippen LogP contribution in [-0.2, 0) is 6.42 Å². The lowest BCUT2D eigenvalue weighted by Gasteiger charge is -2.12. The van der Waals surface area contributed by atoms with Gasteiger partial charge < -0.3 is 0 Å². The van der Waals surface area contributed by atoms with Crippen LogP contribution in [0.1, 0.15) is 44.2 Å². The van der Waals surface area contributed by atoms with Crippen molar-refractivity contribution in [3.63, 3.8) is 0 Å². The molecule has 0 aromatic carbocycles. The molecular formula is C15H19ClN2O2. The minimum absolute atomic E-state index is 0.144. The van der Waals surface area contributed by atoms with E-state index < -0.39 is 0 Å². The molecule has 20 heavy (non-hydrogen) atoms. The minimum atomic E-state index is -0.321. The maximum absolute atomic E-state index is 12.6. The Hall–Kier alpha value is -1.03. The van der Waals surface area contributed by atoms with Crippen LogP contribution >= 0.6 is 11.6 Å². The number of nitrogens with one attached hydrogen (secondary N) is 1. The van der Waals surface area contributed by atoms with Crippen molar-refractivity contribution in [2.75, 3.05) is 0 Å². The van der Waals surface area contributed by atoms with Crippen molar-refractivity contribution < 1.29 is 0 Å². The van der Waals surface area contributed by atoms with Gasteiger partial charge in [0.25, 0.3) is 5.56 Å². The van der Waals surface area contributed by atoms with Crippen LogP contribution in [0, 0.1) is 23.7 Å². The van der Waals surface area contributed by atoms with Gasteiger partial charge in [0.15, 0.2) is 0 Å². The zero-order valence-corrected chi connectivity index (χ0v) is 12.3. The van der Waals surface area contributed by atoms with Gasteiger partial charge in [0, 0.05) is 6.04 Å². The molecule has 1 heterocycles. The molecular weight excluding hydrogens is 276 g/mol. The van der Waals surface area contributed by atoms with Gasteiger partial charge in [-0.15, -0.1) is 0 Å². The molecule has 3 aliphatic carbocycles. The van der Waals surface area contributed by atoms with Crippen molar-refractivity contribution in [2.45, 2.75) is 45.1 Å². The number of halogens is 1. The zero-order valence-electron chi connectivity index (χ0n) is 11.6. The van der Waals surface area contributed by atoms with E-state index in [1.54, 1.807) is 0 Å². The summed E-state index contributed by atoms with van der Waals surface area (Å²) >= 11 is 6.03. The topological polar surface area (TPSA) is 54.9 Å². The average Bonchev–Trinajstić information content (AvgIpc) is 2.81. The molecule has 4 rings (SSSR count). The molecule has 1 aromatic heterocycles. The monoisotopic (exact) mass is 294 g/mol. The largest absolute Gasteiger partial charge is 0.329 e. The lowest BCUT2D eigenvalue weighted by atomic mass is 10.0. The highest BCUT2D eigenvalue weighted by Gasteiger charge is 2.66. The number of H-pyrrole nitrogens is 1. The smallest absolute Gasteiger partial charge is 0.297 e. The molecule has 0 aliphatic heterocycles. The molecule has 0 saturated heterocycles. The Bertz CT molecular complexity index is 661. The van der Waals surface area contributed by atoms with Gasteiger partial charge in [-0.25, -0.2) is 4.79 Å². The van der Waals surface area contributed by atoms with E-state index in [2.05, 4.69) is 4.98 Å². The van der Waals surface area contributed by atoms with Gasteiger partial charge in [0.1, 0.15) is 5.15 Å². The third-order valence-electron chi connectivity index (χ3n) is 5.67. The second kappa shape index (κ2) is 4.23. The van der Waals surface area contributed by atoms with Crippen LogP contribution in [0.3, 0.4) is 0 Å². The van der Waals surface area contributed by atoms with E-state index >= 15 is 0 Å². The van der Waals surface area contributed by atoms with Crippen molar-refractivity contribution >= 4 is 11.6 Å². The molecule has 1 aromatic rings. The molecule has 1 N–H and O–H groups in total. The molecule has 3 saturated carbocycles. The molecule has 4 nitrogen and oxygen atoms in total. The summed E-state index contributed by atoms with van der Waals surface area (Å²) in [6.45, 7) is 2.01. The van der Waals surface area contributed by atoms with Crippen molar-refractivity contribution in [1.82, 2.24) is 9.55 Å². The Labute approximate surface area is 122 Å². The number of hydrogen-bond acceptors (Lipinski definition) is 2. The maximum Gasteiger partial charge on any atom is 0.329 e. The summed E-state index contributed by atoms with van der Waals surface area (Å²) in [6.07, 6.45) is 5.36. The van der Waals surface area contributed by atoms with Gasteiger partial charge in [-0.2, -0.15) is 0 Å². The molecule has 4 unspecified atom stereocenters. The summed E-state index contributed by atoms with van der Waals surface area (Å²) < 4.78 is 1.48. The molecule has 2 bridgehead atoms. The van der Waals surface area contributed by atoms with Crippen molar-refractivity contribution in [2.24, 2.45) is 23.7 Å². The molecule has 0 spiro atoms. The highest BCUT2D eigenvalue weighted by molar-refractivity contribution is 6.30. The van der Waals surface area contributed by atoms with Gasteiger partial charge in [-0.05, 0) is 49.4 Å². The Morgan fingerprint density at radius 2 is 1.90 bits per heavy atom. The average molecular weight is 295 g/mol. The standard InChI is InChI=1S/C15H19ClN2O2/c1-2-3-9-13(16)17-15(20)18(14(9)19)12-10-7-4-5-8(6-7)11(10)12/h7-8,10-12H,2-6H2,1H3,(H,17,20). The molecule has 3 fully saturated rings. The van der Waals surface area contributed by atoms with E-state index in [9.17, 15) is 9.59 Å². The first-order chi connectivity index (χ1) is 9.63. The van der Waals surface area contributed by atoms with Crippen LogP contribution in [0.4, 0.5) is 0 Å². The molecule has 108 valence electrons. The normalized spacial score (nSPS) is 37.2. The number of fused-ring (bicyclic) bond motifs is 5. The first-order valence-corrected chi connectivity index (χ1v) is 8.04. The third-order valence-corrected chi connectivity index (χ3v) is 5.99. The second-order valence-electron chi connectivity index (χ2n) is 6.63. The minimum Gasteiger partial charge on any atom is -0.297 e. The summed E-state index contributed by atoms with van der Waals surface area (Å²) in [5, 5.41) is 0.229. The number of nitrogens with zero attached hydrogens (tertiary/aromatic N) is 1. The SMILES string of the molecule is CCCc1c(Cl)[nH]c(=O)n(C2C3C4CCC(C4)C32)c1=O. The van der Waals surface area contributed by atoms with E-state index in [1.807, 2.05) is 6.92 Å². The Morgan fingerprint density at radius 3 is 2.50 bits per heavy atom. The van der Waals surface area contributed by atoms with Gasteiger partial charge >= 0.3 is 5.69 Å². The van der Waals surface area contributed by atoms with E-state index in [4.69, 9.17) is 11.6 Å². The lowest BCUT2D eigenvalue weighted by Crippen LogP contribution is -2.38. The number of aromatic nitrogens is 2. The summed E-state index contributed by atoms with van der Waals surface area (Å²) in [5.74, 6) is 2.63. The van der Waals surface area contributed by atoms with Crippen LogP contribution in [0.5, 0.6) is 0 Å². The predicted molar refractivity (Wildman–Crippen MR) is 77.2 cm³/mol. The van der Waals surface area contributed by atoms with E-state index in [0.29, 0.717) is 23.8 Å². The molecule has 5 heteroatoms. The zero-order chi connectivity index (χ0) is 14.0. The van der Waals surface area contributed by atoms with Crippen LogP contribution in [0.15, 0.2) is 9.59 Å². The highest BCUT2D eigenvalue weighted by Crippen LogP contribution is 2.70. The van der Waals surface area contributed by atoms with Gasteiger partial charge in [-0.1, -0.05) is 24.9 Å². The van der Waals surface area contributed by atoms with Gasteiger partial charge in [-0.3, -0.25) is 14.3 Å². The summed E-state index contributed by atoms with van der Waals surface area (Å²) in [7, 11) is 0. The molecule has 3 aliphatic rings.